The molecule has 5 nitrogen and oxygen atoms in total. The maximum Gasteiger partial charge on any atom is 0.284 e. The van der Waals surface area contributed by atoms with E-state index in [-0.39, 0.29) is 4.90 Å². The lowest BCUT2D eigenvalue weighted by Crippen LogP contribution is -2.41. The smallest absolute Gasteiger partial charge is 0.284 e. The van der Waals surface area contributed by atoms with Crippen molar-refractivity contribution in [2.24, 2.45) is 4.40 Å². The van der Waals surface area contributed by atoms with E-state index in [0.717, 1.165) is 5.56 Å². The van der Waals surface area contributed by atoms with Gasteiger partial charge in [-0.1, -0.05) is 48.5 Å². The standard InChI is InChI=1S/C17H18N2O3S/c20-23(21,16-9-5-2-6-10-16)18-17(15-7-3-1-4-8-15)19-11-13-22-14-12-19/h1-10H,11-14H2/b18-17+. The predicted octanol–water partition coefficient (Wildman–Crippen LogP) is 2.15. The Balaban J connectivity index is 2.04. The fraction of sp³-hybridized carbons (Fsp3) is 0.235. The summed E-state index contributed by atoms with van der Waals surface area (Å²) in [5, 5.41) is 0. The number of nitrogens with zero attached hydrogens (tertiary/aromatic N) is 2. The molecule has 0 aliphatic carbocycles. The van der Waals surface area contributed by atoms with Crippen LogP contribution in [-0.2, 0) is 14.8 Å². The van der Waals surface area contributed by atoms with Crippen LogP contribution in [0.3, 0.4) is 0 Å². The summed E-state index contributed by atoms with van der Waals surface area (Å²) in [4.78, 5) is 2.15. The van der Waals surface area contributed by atoms with Gasteiger partial charge >= 0.3 is 0 Å². The minimum absolute atomic E-state index is 0.196. The van der Waals surface area contributed by atoms with Crippen molar-refractivity contribution >= 4 is 15.9 Å². The predicted molar refractivity (Wildman–Crippen MR) is 89.0 cm³/mol. The average molecular weight is 330 g/mol. The van der Waals surface area contributed by atoms with Crippen molar-refractivity contribution in [3.05, 3.63) is 66.2 Å². The lowest BCUT2D eigenvalue weighted by molar-refractivity contribution is 0.0683. The molecule has 1 saturated heterocycles. The third kappa shape index (κ3) is 3.78. The summed E-state index contributed by atoms with van der Waals surface area (Å²) in [6.45, 7) is 2.38. The lowest BCUT2D eigenvalue weighted by Gasteiger charge is -2.29. The van der Waals surface area contributed by atoms with E-state index in [2.05, 4.69) is 4.40 Å². The van der Waals surface area contributed by atoms with Crippen LogP contribution in [0.15, 0.2) is 70.0 Å². The molecule has 0 radical (unpaired) electrons. The van der Waals surface area contributed by atoms with E-state index in [4.69, 9.17) is 4.74 Å². The minimum Gasteiger partial charge on any atom is -0.378 e. The molecule has 0 aromatic heterocycles. The first-order valence-corrected chi connectivity index (χ1v) is 8.89. The molecule has 120 valence electrons. The van der Waals surface area contributed by atoms with Gasteiger partial charge in [-0.05, 0) is 12.1 Å². The van der Waals surface area contributed by atoms with Gasteiger partial charge in [0.25, 0.3) is 10.0 Å². The monoisotopic (exact) mass is 330 g/mol. The lowest BCUT2D eigenvalue weighted by atomic mass is 10.2. The molecule has 2 aromatic carbocycles. The zero-order chi connectivity index (χ0) is 16.1. The van der Waals surface area contributed by atoms with Crippen molar-refractivity contribution in [3.63, 3.8) is 0 Å². The van der Waals surface area contributed by atoms with E-state index >= 15 is 0 Å². The zero-order valence-electron chi connectivity index (χ0n) is 12.6. The number of sulfonamides is 1. The molecule has 1 heterocycles. The number of amidine groups is 1. The summed E-state index contributed by atoms with van der Waals surface area (Å²) < 4.78 is 34.7. The van der Waals surface area contributed by atoms with Crippen molar-refractivity contribution in [2.75, 3.05) is 26.3 Å². The Morgan fingerprint density at radius 1 is 0.913 bits per heavy atom. The van der Waals surface area contributed by atoms with Gasteiger partial charge in [0.2, 0.25) is 0 Å². The van der Waals surface area contributed by atoms with E-state index < -0.39 is 10.0 Å². The van der Waals surface area contributed by atoms with E-state index in [1.54, 1.807) is 30.3 Å². The maximum absolute atomic E-state index is 12.6. The first-order valence-electron chi connectivity index (χ1n) is 7.45. The Morgan fingerprint density at radius 3 is 2.09 bits per heavy atom. The summed E-state index contributed by atoms with van der Waals surface area (Å²) in [7, 11) is -3.75. The van der Waals surface area contributed by atoms with Crippen LogP contribution in [0.25, 0.3) is 0 Å². The van der Waals surface area contributed by atoms with Crippen LogP contribution in [0.4, 0.5) is 0 Å². The first-order chi connectivity index (χ1) is 11.2. The van der Waals surface area contributed by atoms with Crippen LogP contribution in [0.2, 0.25) is 0 Å². The highest BCUT2D eigenvalue weighted by Crippen LogP contribution is 2.16. The molecular weight excluding hydrogens is 312 g/mol. The molecular formula is C17H18N2O3S. The highest BCUT2D eigenvalue weighted by atomic mass is 32.2. The number of hydrogen-bond acceptors (Lipinski definition) is 3. The molecule has 0 unspecified atom stereocenters. The minimum atomic E-state index is -3.75. The van der Waals surface area contributed by atoms with E-state index in [0.29, 0.717) is 32.1 Å². The summed E-state index contributed by atoms with van der Waals surface area (Å²) in [6, 6.07) is 17.7. The van der Waals surface area contributed by atoms with Crippen molar-refractivity contribution in [1.29, 1.82) is 0 Å². The SMILES string of the molecule is O=S(=O)(/N=C(\c1ccccc1)N1CCOCC1)c1ccccc1. The van der Waals surface area contributed by atoms with Crippen LogP contribution in [0, 0.1) is 0 Å². The zero-order valence-corrected chi connectivity index (χ0v) is 13.4. The third-order valence-corrected chi connectivity index (χ3v) is 4.87. The van der Waals surface area contributed by atoms with Gasteiger partial charge in [0.05, 0.1) is 18.1 Å². The Hall–Kier alpha value is -2.18. The molecule has 0 saturated carbocycles. The quantitative estimate of drug-likeness (QED) is 0.639. The third-order valence-electron chi connectivity index (χ3n) is 3.59. The summed E-state index contributed by atoms with van der Waals surface area (Å²) >= 11 is 0. The van der Waals surface area contributed by atoms with Crippen molar-refractivity contribution in [2.45, 2.75) is 4.90 Å². The molecule has 1 aliphatic heterocycles. The second kappa shape index (κ2) is 6.93. The van der Waals surface area contributed by atoms with Crippen LogP contribution in [0.1, 0.15) is 5.56 Å². The fourth-order valence-corrected chi connectivity index (χ4v) is 3.47. The number of hydrogen-bond donors (Lipinski definition) is 0. The molecule has 3 rings (SSSR count). The van der Waals surface area contributed by atoms with Gasteiger partial charge in [-0.15, -0.1) is 4.40 Å². The Labute approximate surface area is 136 Å². The van der Waals surface area contributed by atoms with E-state index in [1.807, 2.05) is 35.2 Å². The Morgan fingerprint density at radius 2 is 1.48 bits per heavy atom. The van der Waals surface area contributed by atoms with Crippen LogP contribution in [-0.4, -0.2) is 45.5 Å². The maximum atomic E-state index is 12.6. The van der Waals surface area contributed by atoms with Gasteiger partial charge in [-0.25, -0.2) is 0 Å². The molecule has 2 aromatic rings. The molecule has 0 bridgehead atoms. The fourth-order valence-electron chi connectivity index (χ4n) is 2.41. The molecule has 23 heavy (non-hydrogen) atoms. The summed E-state index contributed by atoms with van der Waals surface area (Å²) in [6.07, 6.45) is 0. The van der Waals surface area contributed by atoms with Gasteiger partial charge in [-0.3, -0.25) is 0 Å². The average Bonchev–Trinajstić information content (AvgIpc) is 2.62. The van der Waals surface area contributed by atoms with Crippen LogP contribution >= 0.6 is 0 Å². The molecule has 0 N–H and O–H groups in total. The van der Waals surface area contributed by atoms with Gasteiger partial charge in [-0.2, -0.15) is 8.42 Å². The van der Waals surface area contributed by atoms with Gasteiger partial charge in [0.1, 0.15) is 5.84 Å². The second-order valence-electron chi connectivity index (χ2n) is 5.17. The number of morpholine rings is 1. The van der Waals surface area contributed by atoms with Crippen LogP contribution < -0.4 is 0 Å². The topological polar surface area (TPSA) is 59.0 Å². The molecule has 0 atom stereocenters. The molecule has 0 spiro atoms. The Bertz CT molecular complexity index is 768. The molecule has 6 heteroatoms. The molecule has 1 aliphatic rings. The van der Waals surface area contributed by atoms with E-state index in [9.17, 15) is 8.42 Å². The highest BCUT2D eigenvalue weighted by Gasteiger charge is 2.21. The first kappa shape index (κ1) is 15.7. The molecule has 1 fully saturated rings. The number of rotatable bonds is 3. The van der Waals surface area contributed by atoms with Crippen LogP contribution in [0.5, 0.6) is 0 Å². The van der Waals surface area contributed by atoms with Gasteiger partial charge in [0.15, 0.2) is 0 Å². The number of benzene rings is 2. The van der Waals surface area contributed by atoms with E-state index in [1.165, 1.54) is 0 Å². The van der Waals surface area contributed by atoms with Crippen molar-refractivity contribution in [1.82, 2.24) is 4.90 Å². The summed E-state index contributed by atoms with van der Waals surface area (Å²) in [5.41, 5.74) is 0.786. The Kier molecular flexibility index (Phi) is 4.73. The van der Waals surface area contributed by atoms with Gasteiger partial charge in [0, 0.05) is 18.7 Å². The normalized spacial score (nSPS) is 16.3. The van der Waals surface area contributed by atoms with Gasteiger partial charge < -0.3 is 9.64 Å². The largest absolute Gasteiger partial charge is 0.378 e. The molecule has 0 amide bonds. The van der Waals surface area contributed by atoms with Crippen molar-refractivity contribution in [3.8, 4) is 0 Å². The number of ether oxygens (including phenoxy) is 1. The summed E-state index contributed by atoms with van der Waals surface area (Å²) in [5.74, 6) is 0.470. The van der Waals surface area contributed by atoms with Crippen molar-refractivity contribution < 1.29 is 13.2 Å². The highest BCUT2D eigenvalue weighted by molar-refractivity contribution is 7.90. The second-order valence-corrected chi connectivity index (χ2v) is 6.77.